The van der Waals surface area contributed by atoms with Crippen molar-refractivity contribution in [2.24, 2.45) is 10.2 Å². The van der Waals surface area contributed by atoms with Gasteiger partial charge in [-0.1, -0.05) is 18.7 Å². The first-order valence-electron chi connectivity index (χ1n) is 4.91. The van der Waals surface area contributed by atoms with E-state index in [1.54, 1.807) is 18.4 Å². The van der Waals surface area contributed by atoms with E-state index >= 15 is 0 Å². The van der Waals surface area contributed by atoms with Crippen molar-refractivity contribution in [1.82, 2.24) is 5.32 Å². The van der Waals surface area contributed by atoms with Gasteiger partial charge in [-0.2, -0.15) is 5.10 Å². The first kappa shape index (κ1) is 10.9. The zero-order valence-electron chi connectivity index (χ0n) is 8.71. The van der Waals surface area contributed by atoms with Gasteiger partial charge in [0, 0.05) is 0 Å². The number of rotatable bonds is 3. The van der Waals surface area contributed by atoms with E-state index in [-0.39, 0.29) is 11.2 Å². The topological polar surface area (TPSA) is 67.0 Å². The first-order valence-corrected chi connectivity index (χ1v) is 5.79. The SMILES string of the molecule is CC[C@H]1S/C(=N\N=C/c2ccco2)NC1=O. The Labute approximate surface area is 97.0 Å². The zero-order valence-corrected chi connectivity index (χ0v) is 9.53. The van der Waals surface area contributed by atoms with Gasteiger partial charge in [0.25, 0.3) is 0 Å². The van der Waals surface area contributed by atoms with Gasteiger partial charge in [0.2, 0.25) is 5.91 Å². The number of amidine groups is 1. The number of hydrogen-bond acceptors (Lipinski definition) is 5. The molecule has 0 saturated carbocycles. The quantitative estimate of drug-likeness (QED) is 0.641. The smallest absolute Gasteiger partial charge is 0.239 e. The Balaban J connectivity index is 1.97. The summed E-state index contributed by atoms with van der Waals surface area (Å²) in [6.45, 7) is 1.96. The molecule has 1 atom stereocenters. The molecule has 1 fully saturated rings. The maximum absolute atomic E-state index is 11.3. The van der Waals surface area contributed by atoms with Crippen LogP contribution in [0.15, 0.2) is 33.0 Å². The second-order valence-corrected chi connectivity index (χ2v) is 4.36. The molecule has 1 aliphatic heterocycles. The Morgan fingerprint density at radius 3 is 3.19 bits per heavy atom. The molecule has 0 aliphatic carbocycles. The third-order valence-electron chi connectivity index (χ3n) is 2.02. The molecule has 0 bridgehead atoms. The van der Waals surface area contributed by atoms with Crippen LogP contribution in [0.2, 0.25) is 0 Å². The van der Waals surface area contributed by atoms with Gasteiger partial charge in [0.05, 0.1) is 17.7 Å². The molecule has 16 heavy (non-hydrogen) atoms. The fourth-order valence-corrected chi connectivity index (χ4v) is 2.08. The van der Waals surface area contributed by atoms with Crippen molar-refractivity contribution in [3.8, 4) is 0 Å². The number of nitrogens with one attached hydrogen (secondary N) is 1. The summed E-state index contributed by atoms with van der Waals surface area (Å²) in [6.07, 6.45) is 3.85. The number of thioether (sulfide) groups is 1. The van der Waals surface area contributed by atoms with E-state index in [1.165, 1.54) is 18.0 Å². The molecule has 0 aromatic carbocycles. The van der Waals surface area contributed by atoms with Crippen molar-refractivity contribution in [2.45, 2.75) is 18.6 Å². The summed E-state index contributed by atoms with van der Waals surface area (Å²) < 4.78 is 5.05. The van der Waals surface area contributed by atoms with Gasteiger partial charge in [-0.25, -0.2) is 0 Å². The maximum atomic E-state index is 11.3. The van der Waals surface area contributed by atoms with Crippen molar-refractivity contribution in [2.75, 3.05) is 0 Å². The van der Waals surface area contributed by atoms with Crippen LogP contribution in [0.25, 0.3) is 0 Å². The van der Waals surface area contributed by atoms with Crippen LogP contribution in [0.4, 0.5) is 0 Å². The van der Waals surface area contributed by atoms with Crippen LogP contribution >= 0.6 is 11.8 Å². The molecule has 1 amide bonds. The molecule has 1 N–H and O–H groups in total. The number of carbonyl (C=O) groups excluding carboxylic acids is 1. The average Bonchev–Trinajstić information content (AvgIpc) is 2.88. The van der Waals surface area contributed by atoms with E-state index in [1.807, 2.05) is 6.92 Å². The van der Waals surface area contributed by atoms with Crippen molar-refractivity contribution in [3.05, 3.63) is 24.2 Å². The summed E-state index contributed by atoms with van der Waals surface area (Å²) in [7, 11) is 0. The second-order valence-electron chi connectivity index (χ2n) is 3.17. The lowest BCUT2D eigenvalue weighted by Gasteiger charge is -1.95. The first-order chi connectivity index (χ1) is 7.79. The largest absolute Gasteiger partial charge is 0.463 e. The molecule has 5 nitrogen and oxygen atoms in total. The predicted molar refractivity (Wildman–Crippen MR) is 63.5 cm³/mol. The fraction of sp³-hybridized carbons (Fsp3) is 0.300. The molecule has 84 valence electrons. The van der Waals surface area contributed by atoms with Crippen molar-refractivity contribution < 1.29 is 9.21 Å². The Kier molecular flexibility index (Phi) is 3.40. The van der Waals surface area contributed by atoms with E-state index in [9.17, 15) is 4.79 Å². The highest BCUT2D eigenvalue weighted by Gasteiger charge is 2.28. The summed E-state index contributed by atoms with van der Waals surface area (Å²) in [4.78, 5) is 11.3. The Hall–Kier alpha value is -1.56. The van der Waals surface area contributed by atoms with Crippen LogP contribution in [-0.2, 0) is 4.79 Å². The minimum Gasteiger partial charge on any atom is -0.463 e. The highest BCUT2D eigenvalue weighted by molar-refractivity contribution is 8.15. The predicted octanol–water partition coefficient (Wildman–Crippen LogP) is 1.61. The summed E-state index contributed by atoms with van der Waals surface area (Å²) >= 11 is 1.40. The summed E-state index contributed by atoms with van der Waals surface area (Å²) in [5.41, 5.74) is 0. The Bertz CT molecular complexity index is 425. The van der Waals surface area contributed by atoms with E-state index in [2.05, 4.69) is 15.5 Å². The monoisotopic (exact) mass is 237 g/mol. The summed E-state index contributed by atoms with van der Waals surface area (Å²) in [6, 6.07) is 3.55. The van der Waals surface area contributed by atoms with Gasteiger partial charge in [0.15, 0.2) is 5.17 Å². The third kappa shape index (κ3) is 2.52. The van der Waals surface area contributed by atoms with Crippen molar-refractivity contribution in [1.29, 1.82) is 0 Å². The average molecular weight is 237 g/mol. The van der Waals surface area contributed by atoms with Crippen LogP contribution in [0.5, 0.6) is 0 Å². The van der Waals surface area contributed by atoms with Gasteiger partial charge in [-0.3, -0.25) is 4.79 Å². The molecule has 0 spiro atoms. The van der Waals surface area contributed by atoms with Gasteiger partial charge in [-0.05, 0) is 18.6 Å². The van der Waals surface area contributed by atoms with Crippen LogP contribution in [-0.4, -0.2) is 22.5 Å². The Morgan fingerprint density at radius 2 is 2.56 bits per heavy atom. The Morgan fingerprint density at radius 1 is 1.69 bits per heavy atom. The third-order valence-corrected chi connectivity index (χ3v) is 3.26. The minimum absolute atomic E-state index is 0.000511. The molecule has 2 heterocycles. The number of furan rings is 1. The number of hydrogen-bond donors (Lipinski definition) is 1. The molecule has 1 aromatic rings. The van der Waals surface area contributed by atoms with Crippen molar-refractivity contribution in [3.63, 3.8) is 0 Å². The molecular formula is C10H11N3O2S. The second kappa shape index (κ2) is 4.98. The highest BCUT2D eigenvalue weighted by atomic mass is 32.2. The van der Waals surface area contributed by atoms with Gasteiger partial charge in [-0.15, -0.1) is 5.10 Å². The molecule has 1 aromatic heterocycles. The highest BCUT2D eigenvalue weighted by Crippen LogP contribution is 2.21. The van der Waals surface area contributed by atoms with Crippen LogP contribution in [0.1, 0.15) is 19.1 Å². The number of amides is 1. The fourth-order valence-electron chi connectivity index (χ4n) is 1.22. The lowest BCUT2D eigenvalue weighted by Crippen LogP contribution is -2.24. The van der Waals surface area contributed by atoms with Crippen LogP contribution in [0, 0.1) is 0 Å². The summed E-state index contributed by atoms with van der Waals surface area (Å²) in [5.74, 6) is 0.630. The summed E-state index contributed by atoms with van der Waals surface area (Å²) in [5, 5.41) is 10.9. The van der Waals surface area contributed by atoms with E-state index in [0.29, 0.717) is 10.9 Å². The normalized spacial score (nSPS) is 23.2. The molecule has 1 aliphatic rings. The molecule has 0 radical (unpaired) electrons. The molecule has 6 heteroatoms. The molecule has 2 rings (SSSR count). The zero-order chi connectivity index (χ0) is 11.4. The van der Waals surface area contributed by atoms with Gasteiger partial charge < -0.3 is 9.73 Å². The standard InChI is InChI=1S/C10H11N3O2S/c1-2-8-9(14)12-10(16-8)13-11-6-7-4-3-5-15-7/h3-6,8H,2H2,1H3,(H,12,13,14)/b11-6-/t8-/m1/s1. The lowest BCUT2D eigenvalue weighted by atomic mass is 10.3. The van der Waals surface area contributed by atoms with E-state index < -0.39 is 0 Å². The number of carbonyl (C=O) groups is 1. The molecular weight excluding hydrogens is 226 g/mol. The van der Waals surface area contributed by atoms with E-state index in [4.69, 9.17) is 4.42 Å². The van der Waals surface area contributed by atoms with E-state index in [0.717, 1.165) is 6.42 Å². The number of nitrogens with zero attached hydrogens (tertiary/aromatic N) is 2. The lowest BCUT2D eigenvalue weighted by molar-refractivity contribution is -0.118. The van der Waals surface area contributed by atoms with Gasteiger partial charge >= 0.3 is 0 Å². The van der Waals surface area contributed by atoms with Crippen LogP contribution in [0.3, 0.4) is 0 Å². The van der Waals surface area contributed by atoms with Gasteiger partial charge in [0.1, 0.15) is 5.76 Å². The van der Waals surface area contributed by atoms with Crippen molar-refractivity contribution >= 4 is 29.1 Å². The maximum Gasteiger partial charge on any atom is 0.239 e. The minimum atomic E-state index is -0.0439. The van der Waals surface area contributed by atoms with Crippen LogP contribution < -0.4 is 5.32 Å². The molecule has 1 saturated heterocycles. The molecule has 0 unspecified atom stereocenters.